The minimum atomic E-state index is -1.65. The van der Waals surface area contributed by atoms with Crippen molar-refractivity contribution in [3.63, 3.8) is 0 Å². The van der Waals surface area contributed by atoms with E-state index in [-0.39, 0.29) is 19.8 Å². The highest BCUT2D eigenvalue weighted by Crippen LogP contribution is 2.05. The Hall–Kier alpha value is -0.280. The van der Waals surface area contributed by atoms with Gasteiger partial charge in [0.1, 0.15) is 24.4 Å². The van der Waals surface area contributed by atoms with Gasteiger partial charge in [-0.25, -0.2) is 0 Å². The summed E-state index contributed by atoms with van der Waals surface area (Å²) < 4.78 is 4.71. The second-order valence-electron chi connectivity index (χ2n) is 3.10. The highest BCUT2D eigenvalue weighted by Gasteiger charge is 2.29. The maximum Gasteiger partial charge on any atom is 0.111 e. The van der Waals surface area contributed by atoms with Gasteiger partial charge < -0.3 is 35.4 Å². The molecule has 0 fully saturated rings. The van der Waals surface area contributed by atoms with Crippen LogP contribution in [-0.2, 0) is 4.74 Å². The summed E-state index contributed by atoms with van der Waals surface area (Å²) in [6.07, 6.45) is -6.19. The van der Waals surface area contributed by atoms with Gasteiger partial charge in [0.25, 0.3) is 0 Å². The van der Waals surface area contributed by atoms with Crippen LogP contribution in [0.1, 0.15) is 0 Å². The Balaban J connectivity index is 3.90. The van der Waals surface area contributed by atoms with Gasteiger partial charge in [-0.1, -0.05) is 0 Å². The third kappa shape index (κ3) is 5.38. The van der Waals surface area contributed by atoms with Crippen molar-refractivity contribution in [2.45, 2.75) is 24.4 Å². The van der Waals surface area contributed by atoms with Crippen LogP contribution in [0.3, 0.4) is 0 Å². The lowest BCUT2D eigenvalue weighted by atomic mass is 10.0. The van der Waals surface area contributed by atoms with E-state index in [9.17, 15) is 15.3 Å². The molecule has 0 aliphatic carbocycles. The zero-order chi connectivity index (χ0) is 11.8. The first-order valence-corrected chi connectivity index (χ1v) is 4.56. The van der Waals surface area contributed by atoms with Crippen LogP contribution in [0.2, 0.25) is 0 Å². The van der Waals surface area contributed by atoms with Crippen molar-refractivity contribution in [1.82, 2.24) is 0 Å². The lowest BCUT2D eigenvalue weighted by Crippen LogP contribution is -2.47. The maximum atomic E-state index is 9.27. The van der Waals surface area contributed by atoms with E-state index < -0.39 is 31.0 Å². The first kappa shape index (κ1) is 14.7. The van der Waals surface area contributed by atoms with Crippen molar-refractivity contribution in [1.29, 1.82) is 0 Å². The number of aliphatic hydroxyl groups excluding tert-OH is 6. The zero-order valence-electron chi connectivity index (χ0n) is 8.23. The van der Waals surface area contributed by atoms with Gasteiger partial charge in [-0.15, -0.1) is 0 Å². The predicted molar refractivity (Wildman–Crippen MR) is 49.0 cm³/mol. The molecular formula is C8H18O7. The molecule has 0 aromatic rings. The summed E-state index contributed by atoms with van der Waals surface area (Å²) in [4.78, 5) is 0. The second-order valence-corrected chi connectivity index (χ2v) is 3.10. The van der Waals surface area contributed by atoms with Crippen LogP contribution in [0.5, 0.6) is 0 Å². The molecule has 0 saturated carbocycles. The molecule has 0 heterocycles. The zero-order valence-corrected chi connectivity index (χ0v) is 8.23. The molecule has 0 spiro atoms. The van der Waals surface area contributed by atoms with E-state index >= 15 is 0 Å². The number of aliphatic hydroxyl groups is 6. The van der Waals surface area contributed by atoms with Gasteiger partial charge in [-0.05, 0) is 0 Å². The first-order chi connectivity index (χ1) is 7.04. The fourth-order valence-electron chi connectivity index (χ4n) is 0.930. The molecule has 7 nitrogen and oxygen atoms in total. The molecule has 4 atom stereocenters. The summed E-state index contributed by atoms with van der Waals surface area (Å²) in [7, 11) is 0. The van der Waals surface area contributed by atoms with Crippen molar-refractivity contribution in [2.24, 2.45) is 0 Å². The molecule has 0 aromatic carbocycles. The molecule has 0 saturated heterocycles. The minimum absolute atomic E-state index is 0.00241. The molecule has 0 bridgehead atoms. The van der Waals surface area contributed by atoms with Crippen LogP contribution in [0, 0.1) is 0 Å². The van der Waals surface area contributed by atoms with Gasteiger partial charge in [0.15, 0.2) is 0 Å². The van der Waals surface area contributed by atoms with E-state index in [0.717, 1.165) is 0 Å². The van der Waals surface area contributed by atoms with Crippen LogP contribution in [0.4, 0.5) is 0 Å². The molecule has 0 aliphatic rings. The molecule has 0 amide bonds. The summed E-state index contributed by atoms with van der Waals surface area (Å²) in [5, 5.41) is 53.5. The fraction of sp³-hybridized carbons (Fsp3) is 1.00. The quantitative estimate of drug-likeness (QED) is 0.236. The Morgan fingerprint density at radius 1 is 0.867 bits per heavy atom. The van der Waals surface area contributed by atoms with Crippen LogP contribution < -0.4 is 0 Å². The minimum Gasteiger partial charge on any atom is -0.394 e. The van der Waals surface area contributed by atoms with E-state index in [1.165, 1.54) is 0 Å². The van der Waals surface area contributed by atoms with E-state index in [4.69, 9.17) is 20.1 Å². The number of hydrogen-bond donors (Lipinski definition) is 6. The van der Waals surface area contributed by atoms with Crippen molar-refractivity contribution in [2.75, 3.05) is 26.4 Å². The Kier molecular flexibility index (Phi) is 7.79. The molecule has 0 aliphatic heterocycles. The maximum absolute atomic E-state index is 9.27. The summed E-state index contributed by atoms with van der Waals surface area (Å²) in [6, 6.07) is 0. The van der Waals surface area contributed by atoms with E-state index in [0.29, 0.717) is 0 Å². The number of rotatable bonds is 8. The molecular weight excluding hydrogens is 208 g/mol. The van der Waals surface area contributed by atoms with Gasteiger partial charge >= 0.3 is 0 Å². The Morgan fingerprint density at radius 3 is 1.87 bits per heavy atom. The molecule has 6 N–H and O–H groups in total. The van der Waals surface area contributed by atoms with E-state index in [2.05, 4.69) is 0 Å². The van der Waals surface area contributed by atoms with Crippen molar-refractivity contribution >= 4 is 0 Å². The van der Waals surface area contributed by atoms with Crippen LogP contribution in [0.25, 0.3) is 0 Å². The third-order valence-electron chi connectivity index (χ3n) is 1.85. The fourth-order valence-corrected chi connectivity index (χ4v) is 0.930. The first-order valence-electron chi connectivity index (χ1n) is 4.56. The normalized spacial score (nSPS) is 19.6. The second kappa shape index (κ2) is 7.94. The Labute approximate surface area is 87.2 Å². The van der Waals surface area contributed by atoms with Gasteiger partial charge in [-0.3, -0.25) is 0 Å². The van der Waals surface area contributed by atoms with E-state index in [1.54, 1.807) is 0 Å². The Bertz CT molecular complexity index is 154. The lowest BCUT2D eigenvalue weighted by molar-refractivity contribution is -0.129. The lowest BCUT2D eigenvalue weighted by Gasteiger charge is -2.25. The number of ether oxygens (including phenoxy) is 1. The van der Waals surface area contributed by atoms with Gasteiger partial charge in [0.2, 0.25) is 0 Å². The molecule has 7 heteroatoms. The smallest absolute Gasteiger partial charge is 0.111 e. The SMILES string of the molecule is OCCOCC(O)C(O)C(O)C(O)CO. The average Bonchev–Trinajstić information content (AvgIpc) is 2.26. The molecule has 92 valence electrons. The topological polar surface area (TPSA) is 131 Å². The molecule has 15 heavy (non-hydrogen) atoms. The van der Waals surface area contributed by atoms with Crippen LogP contribution in [0.15, 0.2) is 0 Å². The number of hydrogen-bond acceptors (Lipinski definition) is 7. The highest BCUT2D eigenvalue weighted by molar-refractivity contribution is 4.80. The summed E-state index contributed by atoms with van der Waals surface area (Å²) in [5.74, 6) is 0. The van der Waals surface area contributed by atoms with Crippen LogP contribution in [-0.4, -0.2) is 81.5 Å². The summed E-state index contributed by atoms with van der Waals surface area (Å²) in [5.41, 5.74) is 0. The van der Waals surface area contributed by atoms with Crippen molar-refractivity contribution in [3.8, 4) is 0 Å². The molecule has 0 aromatic heterocycles. The largest absolute Gasteiger partial charge is 0.394 e. The highest BCUT2D eigenvalue weighted by atomic mass is 16.5. The molecule has 0 radical (unpaired) electrons. The van der Waals surface area contributed by atoms with E-state index in [1.807, 2.05) is 0 Å². The average molecular weight is 226 g/mol. The van der Waals surface area contributed by atoms with Crippen LogP contribution >= 0.6 is 0 Å². The summed E-state index contributed by atoms with van der Waals surface area (Å²) >= 11 is 0. The molecule has 4 unspecified atom stereocenters. The monoisotopic (exact) mass is 226 g/mol. The summed E-state index contributed by atoms with van der Waals surface area (Å²) in [6.45, 7) is -1.22. The standard InChI is InChI=1S/C8H18O7/c9-1-2-15-4-6(12)8(14)7(13)5(11)3-10/h5-14H,1-4H2. The van der Waals surface area contributed by atoms with Gasteiger partial charge in [0.05, 0.1) is 26.4 Å². The molecule has 0 rings (SSSR count). The third-order valence-corrected chi connectivity index (χ3v) is 1.85. The predicted octanol–water partition coefficient (Wildman–Crippen LogP) is -3.57. The van der Waals surface area contributed by atoms with Crippen molar-refractivity contribution < 1.29 is 35.4 Å². The van der Waals surface area contributed by atoms with Gasteiger partial charge in [0, 0.05) is 0 Å². The van der Waals surface area contributed by atoms with Crippen molar-refractivity contribution in [3.05, 3.63) is 0 Å². The van der Waals surface area contributed by atoms with Gasteiger partial charge in [-0.2, -0.15) is 0 Å². The Morgan fingerprint density at radius 2 is 1.40 bits per heavy atom.